The number of nitrogens with zero attached hydrogens (tertiary/aromatic N) is 2. The van der Waals surface area contributed by atoms with Crippen LogP contribution in [0.5, 0.6) is 0 Å². The molecule has 0 N–H and O–H groups in total. The zero-order valence-corrected chi connectivity index (χ0v) is 12.5. The van der Waals surface area contributed by atoms with E-state index in [4.69, 9.17) is 4.74 Å². The van der Waals surface area contributed by atoms with Crippen molar-refractivity contribution < 1.29 is 14.3 Å². The van der Waals surface area contributed by atoms with Gasteiger partial charge in [0.1, 0.15) is 0 Å². The highest BCUT2D eigenvalue weighted by Gasteiger charge is 2.29. The van der Waals surface area contributed by atoms with E-state index in [-0.39, 0.29) is 18.1 Å². The lowest BCUT2D eigenvalue weighted by Gasteiger charge is -2.08. The van der Waals surface area contributed by atoms with Gasteiger partial charge in [-0.3, -0.25) is 9.48 Å². The molecule has 0 atom stereocenters. The SMILES string of the molecule is CCOC(=O)c1c(C(=O)c2ccccc2)cnn1CC1CC1. The Morgan fingerprint density at radius 2 is 2.00 bits per heavy atom. The number of ketones is 1. The number of carbonyl (C=O) groups excluding carboxylic acids is 2. The van der Waals surface area contributed by atoms with Crippen LogP contribution in [0.1, 0.15) is 46.2 Å². The topological polar surface area (TPSA) is 61.2 Å². The maximum absolute atomic E-state index is 12.6. The number of aromatic nitrogens is 2. The van der Waals surface area contributed by atoms with E-state index in [2.05, 4.69) is 5.10 Å². The Bertz CT molecular complexity index is 687. The van der Waals surface area contributed by atoms with Gasteiger partial charge in [-0.05, 0) is 25.7 Å². The molecule has 1 fully saturated rings. The molecule has 3 rings (SSSR count). The summed E-state index contributed by atoms with van der Waals surface area (Å²) in [5.41, 5.74) is 1.12. The van der Waals surface area contributed by atoms with Gasteiger partial charge in [-0.2, -0.15) is 5.10 Å². The van der Waals surface area contributed by atoms with Gasteiger partial charge < -0.3 is 4.74 Å². The molecule has 0 spiro atoms. The standard InChI is InChI=1S/C17H18N2O3/c1-2-22-17(21)15-14(10-18-19(15)11-12-8-9-12)16(20)13-6-4-3-5-7-13/h3-7,10,12H,2,8-9,11H2,1H3. The number of hydrogen-bond donors (Lipinski definition) is 0. The Kier molecular flexibility index (Phi) is 4.04. The molecule has 5 nitrogen and oxygen atoms in total. The third-order valence-electron chi connectivity index (χ3n) is 3.72. The van der Waals surface area contributed by atoms with Crippen LogP contribution in [0.25, 0.3) is 0 Å². The quantitative estimate of drug-likeness (QED) is 0.607. The number of hydrogen-bond acceptors (Lipinski definition) is 4. The highest BCUT2D eigenvalue weighted by atomic mass is 16.5. The second-order valence-corrected chi connectivity index (χ2v) is 5.45. The predicted molar refractivity (Wildman–Crippen MR) is 80.8 cm³/mol. The molecular weight excluding hydrogens is 280 g/mol. The molecular formula is C17H18N2O3. The minimum atomic E-state index is -0.486. The fourth-order valence-electron chi connectivity index (χ4n) is 2.39. The van der Waals surface area contributed by atoms with Crippen molar-refractivity contribution in [1.29, 1.82) is 0 Å². The zero-order valence-electron chi connectivity index (χ0n) is 12.5. The van der Waals surface area contributed by atoms with E-state index >= 15 is 0 Å². The van der Waals surface area contributed by atoms with E-state index < -0.39 is 5.97 Å². The van der Waals surface area contributed by atoms with Crippen molar-refractivity contribution in [3.05, 3.63) is 53.3 Å². The molecule has 1 aliphatic rings. The summed E-state index contributed by atoms with van der Waals surface area (Å²) in [4.78, 5) is 24.9. The summed E-state index contributed by atoms with van der Waals surface area (Å²) in [7, 11) is 0. The molecule has 1 aliphatic carbocycles. The van der Waals surface area contributed by atoms with Crippen LogP contribution in [-0.4, -0.2) is 28.1 Å². The normalized spacial score (nSPS) is 13.9. The van der Waals surface area contributed by atoms with E-state index in [1.807, 2.05) is 6.07 Å². The highest BCUT2D eigenvalue weighted by molar-refractivity contribution is 6.13. The fraction of sp³-hybridized carbons (Fsp3) is 0.353. The molecule has 0 unspecified atom stereocenters. The van der Waals surface area contributed by atoms with Crippen LogP contribution < -0.4 is 0 Å². The van der Waals surface area contributed by atoms with Gasteiger partial charge in [-0.1, -0.05) is 30.3 Å². The molecule has 0 saturated heterocycles. The van der Waals surface area contributed by atoms with Gasteiger partial charge >= 0.3 is 5.97 Å². The van der Waals surface area contributed by atoms with Crippen molar-refractivity contribution >= 4 is 11.8 Å². The number of rotatable bonds is 6. The Labute approximate surface area is 128 Å². The Morgan fingerprint density at radius 3 is 2.64 bits per heavy atom. The van der Waals surface area contributed by atoms with Gasteiger partial charge in [0, 0.05) is 12.1 Å². The van der Waals surface area contributed by atoms with Crippen LogP contribution in [0, 0.1) is 5.92 Å². The van der Waals surface area contributed by atoms with Crippen LogP contribution in [0.15, 0.2) is 36.5 Å². The summed E-state index contributed by atoms with van der Waals surface area (Å²) in [5, 5.41) is 4.24. The fourth-order valence-corrected chi connectivity index (χ4v) is 2.39. The number of benzene rings is 1. The first kappa shape index (κ1) is 14.5. The third kappa shape index (κ3) is 2.93. The second kappa shape index (κ2) is 6.13. The maximum Gasteiger partial charge on any atom is 0.357 e. The van der Waals surface area contributed by atoms with Gasteiger partial charge in [0.15, 0.2) is 11.5 Å². The third-order valence-corrected chi connectivity index (χ3v) is 3.72. The summed E-state index contributed by atoms with van der Waals surface area (Å²) >= 11 is 0. The van der Waals surface area contributed by atoms with Crippen LogP contribution >= 0.6 is 0 Å². The summed E-state index contributed by atoms with van der Waals surface area (Å²) in [6.07, 6.45) is 3.76. The number of carbonyl (C=O) groups is 2. The van der Waals surface area contributed by atoms with Crippen LogP contribution in [-0.2, 0) is 11.3 Å². The lowest BCUT2D eigenvalue weighted by atomic mass is 10.0. The van der Waals surface area contributed by atoms with E-state index in [1.54, 1.807) is 35.9 Å². The predicted octanol–water partition coefficient (Wildman–Crippen LogP) is 2.70. The van der Waals surface area contributed by atoms with E-state index in [0.717, 1.165) is 12.8 Å². The molecule has 22 heavy (non-hydrogen) atoms. The van der Waals surface area contributed by atoms with Gasteiger partial charge in [-0.15, -0.1) is 0 Å². The summed E-state index contributed by atoms with van der Waals surface area (Å²) in [6, 6.07) is 8.91. The van der Waals surface area contributed by atoms with Gasteiger partial charge in [0.2, 0.25) is 0 Å². The minimum absolute atomic E-state index is 0.203. The van der Waals surface area contributed by atoms with E-state index in [1.165, 1.54) is 6.20 Å². The smallest absolute Gasteiger partial charge is 0.357 e. The van der Waals surface area contributed by atoms with E-state index in [9.17, 15) is 9.59 Å². The Hall–Kier alpha value is -2.43. The molecule has 5 heteroatoms. The molecule has 1 heterocycles. The number of ether oxygens (including phenoxy) is 1. The molecule has 0 bridgehead atoms. The Balaban J connectivity index is 1.97. The Morgan fingerprint density at radius 1 is 1.27 bits per heavy atom. The van der Waals surface area contributed by atoms with Gasteiger partial charge in [0.25, 0.3) is 0 Å². The van der Waals surface area contributed by atoms with E-state index in [0.29, 0.717) is 23.6 Å². The molecule has 0 amide bonds. The summed E-state index contributed by atoms with van der Waals surface area (Å²) in [6.45, 7) is 2.68. The molecule has 2 aromatic rings. The lowest BCUT2D eigenvalue weighted by molar-refractivity contribution is 0.0508. The molecule has 0 radical (unpaired) electrons. The first-order valence-electron chi connectivity index (χ1n) is 7.53. The second-order valence-electron chi connectivity index (χ2n) is 5.45. The van der Waals surface area contributed by atoms with Crippen molar-refractivity contribution in [2.45, 2.75) is 26.3 Å². The summed E-state index contributed by atoms with van der Waals surface area (Å²) in [5.74, 6) is -0.140. The average molecular weight is 298 g/mol. The van der Waals surface area contributed by atoms with Gasteiger partial charge in [0.05, 0.1) is 18.4 Å². The molecule has 114 valence electrons. The monoisotopic (exact) mass is 298 g/mol. The van der Waals surface area contributed by atoms with Crippen LogP contribution in [0.3, 0.4) is 0 Å². The van der Waals surface area contributed by atoms with Crippen molar-refractivity contribution in [2.75, 3.05) is 6.61 Å². The largest absolute Gasteiger partial charge is 0.461 e. The minimum Gasteiger partial charge on any atom is -0.461 e. The maximum atomic E-state index is 12.6. The average Bonchev–Trinajstić information content (AvgIpc) is 3.25. The lowest BCUT2D eigenvalue weighted by Crippen LogP contribution is -2.18. The highest BCUT2D eigenvalue weighted by Crippen LogP contribution is 2.31. The van der Waals surface area contributed by atoms with Crippen LogP contribution in [0.2, 0.25) is 0 Å². The van der Waals surface area contributed by atoms with Crippen molar-refractivity contribution in [3.63, 3.8) is 0 Å². The zero-order chi connectivity index (χ0) is 15.5. The van der Waals surface area contributed by atoms with Crippen molar-refractivity contribution in [3.8, 4) is 0 Å². The first-order valence-corrected chi connectivity index (χ1v) is 7.53. The number of esters is 1. The van der Waals surface area contributed by atoms with Crippen LogP contribution in [0.4, 0.5) is 0 Å². The van der Waals surface area contributed by atoms with Gasteiger partial charge in [-0.25, -0.2) is 4.79 Å². The molecule has 1 aromatic carbocycles. The summed E-state index contributed by atoms with van der Waals surface area (Å²) < 4.78 is 6.72. The molecule has 1 aromatic heterocycles. The first-order chi connectivity index (χ1) is 10.7. The van der Waals surface area contributed by atoms with Crippen molar-refractivity contribution in [1.82, 2.24) is 9.78 Å². The molecule has 0 aliphatic heterocycles. The van der Waals surface area contributed by atoms with Crippen molar-refractivity contribution in [2.24, 2.45) is 5.92 Å². The molecule has 1 saturated carbocycles.